The van der Waals surface area contributed by atoms with E-state index < -0.39 is 0 Å². The van der Waals surface area contributed by atoms with Crippen LogP contribution >= 0.6 is 24.0 Å². The number of furan rings is 1. The van der Waals surface area contributed by atoms with E-state index >= 15 is 0 Å². The molecular weight excluding hydrogens is 483 g/mol. The Hall–Kier alpha value is -2.40. The lowest BCUT2D eigenvalue weighted by molar-refractivity contribution is 0.105. The molecule has 0 fully saturated rings. The lowest BCUT2D eigenvalue weighted by atomic mass is 10.3. The molecule has 0 aliphatic carbocycles. The van der Waals surface area contributed by atoms with Gasteiger partial charge in [0.2, 0.25) is 0 Å². The molecule has 3 aromatic heterocycles. The molecule has 0 aliphatic heterocycles. The number of aromatic nitrogens is 3. The molecule has 0 saturated heterocycles. The fraction of sp³-hybridized carbons (Fsp3) is 0.350. The Morgan fingerprint density at radius 3 is 2.90 bits per heavy atom. The van der Waals surface area contributed by atoms with Gasteiger partial charge in [-0.1, -0.05) is 6.07 Å². The molecule has 8 nitrogen and oxygen atoms in total. The van der Waals surface area contributed by atoms with E-state index in [1.807, 2.05) is 48.1 Å². The van der Waals surface area contributed by atoms with Gasteiger partial charge in [0.05, 0.1) is 12.8 Å². The lowest BCUT2D eigenvalue weighted by Crippen LogP contribution is -2.38. The number of pyridine rings is 1. The Balaban J connectivity index is 0.00000300. The van der Waals surface area contributed by atoms with E-state index in [2.05, 4.69) is 25.6 Å². The number of hydrogen-bond acceptors (Lipinski definition) is 5. The van der Waals surface area contributed by atoms with Crippen LogP contribution in [0.15, 0.2) is 64.9 Å². The van der Waals surface area contributed by atoms with Crippen molar-refractivity contribution in [3.63, 3.8) is 0 Å². The molecule has 0 radical (unpaired) electrons. The zero-order valence-corrected chi connectivity index (χ0v) is 18.8. The van der Waals surface area contributed by atoms with Gasteiger partial charge < -0.3 is 19.8 Å². The lowest BCUT2D eigenvalue weighted by Gasteiger charge is -2.11. The van der Waals surface area contributed by atoms with Crippen molar-refractivity contribution in [2.45, 2.75) is 26.5 Å². The van der Waals surface area contributed by atoms with Crippen LogP contribution < -0.4 is 10.6 Å². The molecule has 0 unspecified atom stereocenters. The molecule has 0 amide bonds. The van der Waals surface area contributed by atoms with E-state index in [9.17, 15) is 0 Å². The summed E-state index contributed by atoms with van der Waals surface area (Å²) >= 11 is 0. The fourth-order valence-electron chi connectivity index (χ4n) is 2.52. The Kier molecular flexibility index (Phi) is 10.2. The van der Waals surface area contributed by atoms with Crippen molar-refractivity contribution >= 4 is 29.9 Å². The van der Waals surface area contributed by atoms with Crippen LogP contribution in [-0.2, 0) is 17.9 Å². The third kappa shape index (κ3) is 7.86. The van der Waals surface area contributed by atoms with Crippen LogP contribution in [0.3, 0.4) is 0 Å². The molecular formula is C20H27IN6O2. The van der Waals surface area contributed by atoms with Crippen molar-refractivity contribution in [3.05, 3.63) is 66.8 Å². The minimum absolute atomic E-state index is 0. The maximum absolute atomic E-state index is 5.58. The first kappa shape index (κ1) is 22.9. The van der Waals surface area contributed by atoms with Crippen molar-refractivity contribution in [3.8, 4) is 5.82 Å². The number of imidazole rings is 1. The fourth-order valence-corrected chi connectivity index (χ4v) is 2.52. The van der Waals surface area contributed by atoms with Crippen LogP contribution in [0.4, 0.5) is 0 Å². The summed E-state index contributed by atoms with van der Waals surface area (Å²) in [6.45, 7) is 5.35. The summed E-state index contributed by atoms with van der Waals surface area (Å²) < 4.78 is 12.7. The van der Waals surface area contributed by atoms with Gasteiger partial charge in [-0.15, -0.1) is 24.0 Å². The molecule has 2 N–H and O–H groups in total. The van der Waals surface area contributed by atoms with Gasteiger partial charge in [-0.05, 0) is 37.1 Å². The van der Waals surface area contributed by atoms with Crippen LogP contribution in [-0.4, -0.2) is 40.2 Å². The normalized spacial score (nSPS) is 11.1. The molecule has 0 atom stereocenters. The highest BCUT2D eigenvalue weighted by Gasteiger charge is 2.01. The summed E-state index contributed by atoms with van der Waals surface area (Å²) in [5.74, 6) is 2.47. The summed E-state index contributed by atoms with van der Waals surface area (Å²) in [6, 6.07) is 7.76. The van der Waals surface area contributed by atoms with E-state index in [0.29, 0.717) is 19.8 Å². The monoisotopic (exact) mass is 510 g/mol. The molecule has 0 saturated carbocycles. The van der Waals surface area contributed by atoms with Crippen LogP contribution in [0.25, 0.3) is 5.82 Å². The molecule has 156 valence electrons. The van der Waals surface area contributed by atoms with Crippen molar-refractivity contribution in [2.75, 3.05) is 19.7 Å². The third-order valence-corrected chi connectivity index (χ3v) is 3.92. The van der Waals surface area contributed by atoms with Crippen LogP contribution in [0.1, 0.15) is 24.7 Å². The highest BCUT2D eigenvalue weighted by Crippen LogP contribution is 2.06. The molecule has 0 aromatic carbocycles. The summed E-state index contributed by atoms with van der Waals surface area (Å²) in [4.78, 5) is 13.1. The van der Waals surface area contributed by atoms with Gasteiger partial charge in [-0.2, -0.15) is 0 Å². The molecule has 29 heavy (non-hydrogen) atoms. The zero-order chi connectivity index (χ0) is 19.4. The molecule has 0 bridgehead atoms. The summed E-state index contributed by atoms with van der Waals surface area (Å²) in [5.41, 5.74) is 1.04. The van der Waals surface area contributed by atoms with Gasteiger partial charge in [-0.25, -0.2) is 15.0 Å². The first-order chi connectivity index (χ1) is 13.8. The molecule has 3 aromatic rings. The number of aliphatic imine (C=N–C) groups is 1. The quantitative estimate of drug-likeness (QED) is 0.189. The molecule has 3 rings (SSSR count). The second-order valence-corrected chi connectivity index (χ2v) is 6.10. The maximum Gasteiger partial charge on any atom is 0.191 e. The number of halogens is 1. The predicted molar refractivity (Wildman–Crippen MR) is 123 cm³/mol. The van der Waals surface area contributed by atoms with E-state index in [4.69, 9.17) is 9.15 Å². The minimum atomic E-state index is 0. The number of rotatable bonds is 10. The number of nitrogens with one attached hydrogen (secondary N) is 2. The number of nitrogens with zero attached hydrogens (tertiary/aromatic N) is 4. The first-order valence-corrected chi connectivity index (χ1v) is 9.40. The van der Waals surface area contributed by atoms with Crippen molar-refractivity contribution in [2.24, 2.45) is 4.99 Å². The average Bonchev–Trinajstić information content (AvgIpc) is 3.43. The second-order valence-electron chi connectivity index (χ2n) is 6.10. The highest BCUT2D eigenvalue weighted by molar-refractivity contribution is 14.0. The third-order valence-electron chi connectivity index (χ3n) is 3.92. The maximum atomic E-state index is 5.58. The summed E-state index contributed by atoms with van der Waals surface area (Å²) in [5, 5.41) is 6.57. The Morgan fingerprint density at radius 2 is 2.21 bits per heavy atom. The largest absolute Gasteiger partial charge is 0.467 e. The highest BCUT2D eigenvalue weighted by atomic mass is 127. The van der Waals surface area contributed by atoms with Crippen molar-refractivity contribution in [1.29, 1.82) is 0 Å². The number of hydrogen-bond donors (Lipinski definition) is 2. The van der Waals surface area contributed by atoms with Gasteiger partial charge in [0.1, 0.15) is 24.5 Å². The van der Waals surface area contributed by atoms with E-state index in [-0.39, 0.29) is 24.0 Å². The van der Waals surface area contributed by atoms with Gasteiger partial charge in [-0.3, -0.25) is 4.57 Å². The van der Waals surface area contributed by atoms with Crippen molar-refractivity contribution in [1.82, 2.24) is 25.2 Å². The van der Waals surface area contributed by atoms with Crippen LogP contribution in [0.2, 0.25) is 0 Å². The minimum Gasteiger partial charge on any atom is -0.467 e. The predicted octanol–water partition coefficient (Wildman–Crippen LogP) is 3.14. The van der Waals surface area contributed by atoms with Gasteiger partial charge in [0, 0.05) is 38.3 Å². The SMILES string of the molecule is CCNC(=NCc1ccc(-n2ccnc2)nc1)NCCCOCc1ccco1.I. The summed E-state index contributed by atoms with van der Waals surface area (Å²) in [7, 11) is 0. The first-order valence-electron chi connectivity index (χ1n) is 9.40. The van der Waals surface area contributed by atoms with Crippen LogP contribution in [0, 0.1) is 0 Å². The van der Waals surface area contributed by atoms with E-state index in [1.54, 1.807) is 18.8 Å². The molecule has 0 spiro atoms. The Bertz CT molecular complexity index is 819. The van der Waals surface area contributed by atoms with E-state index in [1.165, 1.54) is 0 Å². The smallest absolute Gasteiger partial charge is 0.191 e. The van der Waals surface area contributed by atoms with E-state index in [0.717, 1.165) is 42.6 Å². The standard InChI is InChI=1S/C20H26N6O2.HI/c1-2-22-20(23-8-4-11-27-15-18-5-3-12-28-18)25-14-17-6-7-19(24-13-17)26-10-9-21-16-26;/h3,5-7,9-10,12-13,16H,2,4,8,11,14-15H2,1H3,(H2,22,23,25);1H. The molecule has 3 heterocycles. The molecule has 0 aliphatic rings. The second kappa shape index (κ2) is 12.9. The van der Waals surface area contributed by atoms with Crippen molar-refractivity contribution < 1.29 is 9.15 Å². The van der Waals surface area contributed by atoms with Gasteiger partial charge in [0.25, 0.3) is 0 Å². The van der Waals surface area contributed by atoms with Gasteiger partial charge >= 0.3 is 0 Å². The Labute approximate surface area is 187 Å². The Morgan fingerprint density at radius 1 is 1.28 bits per heavy atom. The van der Waals surface area contributed by atoms with Crippen LogP contribution in [0.5, 0.6) is 0 Å². The number of ether oxygens (including phenoxy) is 1. The zero-order valence-electron chi connectivity index (χ0n) is 16.5. The molecule has 9 heteroatoms. The van der Waals surface area contributed by atoms with Gasteiger partial charge in [0.15, 0.2) is 5.96 Å². The number of guanidine groups is 1. The summed E-state index contributed by atoms with van der Waals surface area (Å²) in [6.07, 6.45) is 9.70. The average molecular weight is 510 g/mol. The topological polar surface area (TPSA) is 89.5 Å².